The summed E-state index contributed by atoms with van der Waals surface area (Å²) in [6.45, 7) is 0.691. The van der Waals surface area contributed by atoms with Crippen molar-refractivity contribution in [2.24, 2.45) is 0 Å². The monoisotopic (exact) mass is 490 g/mol. The van der Waals surface area contributed by atoms with Crippen LogP contribution in [0.1, 0.15) is 122 Å². The fourth-order valence-corrected chi connectivity index (χ4v) is 4.29. The summed E-state index contributed by atoms with van der Waals surface area (Å²) in [7, 11) is 3.90. The van der Waals surface area contributed by atoms with Crippen LogP contribution in [-0.2, 0) is 14.3 Å². The zero-order valence-electron chi connectivity index (χ0n) is 21.0. The fraction of sp³-hybridized carbons (Fsp3) is 0.920. The van der Waals surface area contributed by atoms with E-state index in [1.807, 2.05) is 0 Å². The number of aliphatic hydroxyl groups excluding tert-OH is 1. The number of carboxylic acids is 1. The molecule has 8 heteroatoms. The predicted molar refractivity (Wildman–Crippen MR) is 138 cm³/mol. The van der Waals surface area contributed by atoms with Gasteiger partial charge in [-0.25, -0.2) is 0 Å². The second-order valence-corrected chi connectivity index (χ2v) is 9.42. The Bertz CT molecular complexity index is 468. The van der Waals surface area contributed by atoms with Gasteiger partial charge in [0.1, 0.15) is 0 Å². The van der Waals surface area contributed by atoms with E-state index in [0.29, 0.717) is 19.4 Å². The van der Waals surface area contributed by atoms with Crippen molar-refractivity contribution in [2.75, 3.05) is 13.7 Å². The fourth-order valence-electron chi connectivity index (χ4n) is 3.96. The third kappa shape index (κ3) is 22.8. The zero-order valence-corrected chi connectivity index (χ0v) is 22.1. The van der Waals surface area contributed by atoms with Gasteiger partial charge in [0.2, 0.25) is 5.91 Å². The van der Waals surface area contributed by atoms with E-state index in [4.69, 9.17) is 9.84 Å². The molecule has 196 valence electrons. The highest BCUT2D eigenvalue weighted by Gasteiger charge is 2.15. The lowest BCUT2D eigenvalue weighted by atomic mass is 10.0. The third-order valence-corrected chi connectivity index (χ3v) is 6.54. The van der Waals surface area contributed by atoms with Crippen LogP contribution in [0.4, 0.5) is 0 Å². The SMILES string of the molecule is COC(O)[C@H](CCCCNC(=O)CCCCCCCCCCCCCCCCC(=O)O)NP. The van der Waals surface area contributed by atoms with Crippen LogP contribution < -0.4 is 10.4 Å². The van der Waals surface area contributed by atoms with Crippen LogP contribution in [0.3, 0.4) is 0 Å². The number of nitrogens with one attached hydrogen (secondary N) is 2. The number of methoxy groups -OCH3 is 1. The van der Waals surface area contributed by atoms with Crippen LogP contribution in [-0.4, -0.2) is 48.1 Å². The van der Waals surface area contributed by atoms with Gasteiger partial charge in [-0.1, -0.05) is 86.4 Å². The Hall–Kier alpha value is -0.750. The average molecular weight is 491 g/mol. The van der Waals surface area contributed by atoms with Crippen molar-refractivity contribution in [1.29, 1.82) is 0 Å². The molecule has 0 aliphatic heterocycles. The number of carbonyl (C=O) groups is 2. The lowest BCUT2D eigenvalue weighted by Crippen LogP contribution is -2.36. The number of amides is 1. The molecule has 2 unspecified atom stereocenters. The van der Waals surface area contributed by atoms with Gasteiger partial charge in [0, 0.05) is 26.5 Å². The molecule has 0 spiro atoms. The molecule has 0 aromatic carbocycles. The quantitative estimate of drug-likeness (QED) is 0.0784. The van der Waals surface area contributed by atoms with E-state index in [2.05, 4.69) is 19.8 Å². The van der Waals surface area contributed by atoms with Crippen molar-refractivity contribution in [3.8, 4) is 0 Å². The van der Waals surface area contributed by atoms with Gasteiger partial charge in [-0.05, 0) is 32.1 Å². The minimum Gasteiger partial charge on any atom is -0.481 e. The molecule has 0 heterocycles. The van der Waals surface area contributed by atoms with E-state index in [0.717, 1.165) is 44.9 Å². The summed E-state index contributed by atoms with van der Waals surface area (Å²) >= 11 is 0. The molecule has 0 fully saturated rings. The molecular weight excluding hydrogens is 439 g/mol. The lowest BCUT2D eigenvalue weighted by Gasteiger charge is -2.20. The first kappa shape index (κ1) is 32.2. The summed E-state index contributed by atoms with van der Waals surface area (Å²) in [6, 6.07) is -0.108. The van der Waals surface area contributed by atoms with E-state index in [-0.39, 0.29) is 11.9 Å². The van der Waals surface area contributed by atoms with Gasteiger partial charge in [0.05, 0.1) is 6.04 Å². The first-order valence-corrected chi connectivity index (χ1v) is 13.7. The van der Waals surface area contributed by atoms with E-state index >= 15 is 0 Å². The van der Waals surface area contributed by atoms with Crippen LogP contribution in [0.15, 0.2) is 0 Å². The van der Waals surface area contributed by atoms with Gasteiger partial charge in [0.15, 0.2) is 6.29 Å². The highest BCUT2D eigenvalue weighted by Crippen LogP contribution is 2.14. The summed E-state index contributed by atoms with van der Waals surface area (Å²) in [4.78, 5) is 22.3. The van der Waals surface area contributed by atoms with Crippen LogP contribution in [0.25, 0.3) is 0 Å². The van der Waals surface area contributed by atoms with Gasteiger partial charge >= 0.3 is 5.97 Å². The second kappa shape index (κ2) is 24.4. The van der Waals surface area contributed by atoms with Crippen LogP contribution in [0, 0.1) is 0 Å². The summed E-state index contributed by atoms with van der Waals surface area (Å²) < 4.78 is 4.92. The van der Waals surface area contributed by atoms with E-state index < -0.39 is 12.3 Å². The van der Waals surface area contributed by atoms with E-state index in [1.54, 1.807) is 0 Å². The van der Waals surface area contributed by atoms with Crippen molar-refractivity contribution in [1.82, 2.24) is 10.4 Å². The molecule has 0 radical (unpaired) electrons. The maximum Gasteiger partial charge on any atom is 0.303 e. The minimum absolute atomic E-state index is 0.108. The maximum absolute atomic E-state index is 11.9. The van der Waals surface area contributed by atoms with Crippen molar-refractivity contribution in [3.63, 3.8) is 0 Å². The normalized spacial score (nSPS) is 13.1. The van der Waals surface area contributed by atoms with Crippen molar-refractivity contribution < 1.29 is 24.5 Å². The Morgan fingerprint density at radius 3 is 1.64 bits per heavy atom. The van der Waals surface area contributed by atoms with Gasteiger partial charge in [-0.15, -0.1) is 0 Å². The predicted octanol–water partition coefficient (Wildman–Crippen LogP) is 5.31. The molecule has 0 aromatic rings. The number of aliphatic hydroxyl groups is 1. The molecule has 1 amide bonds. The summed E-state index contributed by atoms with van der Waals surface area (Å²) in [5.41, 5.74) is 0. The Kier molecular flexibility index (Phi) is 23.8. The largest absolute Gasteiger partial charge is 0.481 e. The van der Waals surface area contributed by atoms with Gasteiger partial charge in [-0.2, -0.15) is 0 Å². The number of unbranched alkanes of at least 4 members (excludes halogenated alkanes) is 14. The molecule has 33 heavy (non-hydrogen) atoms. The molecule has 0 aromatic heterocycles. The molecule has 0 saturated heterocycles. The van der Waals surface area contributed by atoms with Crippen molar-refractivity contribution in [2.45, 2.75) is 134 Å². The van der Waals surface area contributed by atoms with Crippen LogP contribution in [0.2, 0.25) is 0 Å². The minimum atomic E-state index is -0.809. The molecule has 0 bridgehead atoms. The van der Waals surface area contributed by atoms with Gasteiger partial charge < -0.3 is 20.3 Å². The molecule has 0 aliphatic carbocycles. The maximum atomic E-state index is 11.9. The molecule has 3 atom stereocenters. The number of ether oxygens (including phenoxy) is 1. The first-order chi connectivity index (χ1) is 16.0. The molecular formula is C25H51N2O5P. The molecule has 0 aliphatic rings. The van der Waals surface area contributed by atoms with E-state index in [9.17, 15) is 14.7 Å². The average Bonchev–Trinajstić information content (AvgIpc) is 2.80. The summed E-state index contributed by atoms with van der Waals surface area (Å²) in [5.74, 6) is -0.531. The standard InChI is InChI=1S/C25H51N2O5P/c1-32-25(31)22(27-33)18-16-17-21-26-23(28)19-14-12-10-8-6-4-2-3-5-7-9-11-13-15-20-24(29)30/h22,25,27,31H,2-21,33H2,1H3,(H,26,28)(H,29,30)/t22-,25?/m0/s1. The second-order valence-electron chi connectivity index (χ2n) is 9.09. The summed E-state index contributed by atoms with van der Waals surface area (Å²) in [5, 5.41) is 24.2. The number of hydrogen-bond donors (Lipinski definition) is 4. The molecule has 0 saturated carbocycles. The smallest absolute Gasteiger partial charge is 0.303 e. The third-order valence-electron chi connectivity index (χ3n) is 6.11. The van der Waals surface area contributed by atoms with Gasteiger partial charge in [0.25, 0.3) is 0 Å². The number of carbonyl (C=O) groups excluding carboxylic acids is 1. The van der Waals surface area contributed by atoms with Gasteiger partial charge in [-0.3, -0.25) is 14.7 Å². The summed E-state index contributed by atoms with van der Waals surface area (Å²) in [6.07, 6.45) is 19.4. The van der Waals surface area contributed by atoms with Crippen LogP contribution >= 0.6 is 9.39 Å². The Morgan fingerprint density at radius 1 is 0.758 bits per heavy atom. The number of aliphatic carboxylic acids is 1. The van der Waals surface area contributed by atoms with Crippen molar-refractivity contribution in [3.05, 3.63) is 0 Å². The highest BCUT2D eigenvalue weighted by atomic mass is 31.0. The molecule has 4 N–H and O–H groups in total. The van der Waals surface area contributed by atoms with Crippen LogP contribution in [0.5, 0.6) is 0 Å². The highest BCUT2D eigenvalue weighted by molar-refractivity contribution is 7.13. The van der Waals surface area contributed by atoms with E-state index in [1.165, 1.54) is 71.3 Å². The first-order valence-electron chi connectivity index (χ1n) is 13.2. The Balaban J connectivity index is 3.29. The number of rotatable bonds is 25. The molecule has 7 nitrogen and oxygen atoms in total. The lowest BCUT2D eigenvalue weighted by molar-refractivity contribution is -0.137. The Morgan fingerprint density at radius 2 is 1.21 bits per heavy atom. The topological polar surface area (TPSA) is 108 Å². The Labute approximate surface area is 204 Å². The molecule has 0 rings (SSSR count). The number of carboxylic acid groups (broad SMARTS) is 1. The zero-order chi connectivity index (χ0) is 24.6. The van der Waals surface area contributed by atoms with Crippen molar-refractivity contribution >= 4 is 21.3 Å². The number of hydrogen-bond acceptors (Lipinski definition) is 5.